The number of aromatic nitrogens is 7. The Morgan fingerprint density at radius 1 is 1.06 bits per heavy atom. The second-order valence-corrected chi connectivity index (χ2v) is 7.63. The Bertz CT molecular complexity index is 1210. The zero-order valence-corrected chi connectivity index (χ0v) is 18.3. The highest BCUT2D eigenvalue weighted by molar-refractivity contribution is 6.30. The molecule has 9 heteroatoms. The van der Waals surface area contributed by atoms with Crippen LogP contribution in [-0.4, -0.2) is 34.7 Å². The van der Waals surface area contributed by atoms with E-state index in [-0.39, 0.29) is 5.69 Å². The Morgan fingerprint density at radius 2 is 1.87 bits per heavy atom. The summed E-state index contributed by atoms with van der Waals surface area (Å²) in [6, 6.07) is 11.8. The molecular formula is C22H24ClN7O. The summed E-state index contributed by atoms with van der Waals surface area (Å²) in [7, 11) is 0. The zero-order valence-electron chi connectivity index (χ0n) is 17.5. The van der Waals surface area contributed by atoms with Crippen LogP contribution in [0.4, 0.5) is 0 Å². The predicted molar refractivity (Wildman–Crippen MR) is 120 cm³/mol. The van der Waals surface area contributed by atoms with Crippen LogP contribution in [0.3, 0.4) is 0 Å². The van der Waals surface area contributed by atoms with Gasteiger partial charge < -0.3 is 0 Å². The van der Waals surface area contributed by atoms with Gasteiger partial charge in [0, 0.05) is 23.9 Å². The smallest absolute Gasteiger partial charge is 0.289 e. The quantitative estimate of drug-likeness (QED) is 0.450. The molecule has 0 saturated carbocycles. The molecule has 0 atom stereocenters. The third kappa shape index (κ3) is 4.16. The monoisotopic (exact) mass is 437 g/mol. The van der Waals surface area contributed by atoms with Gasteiger partial charge in [-0.05, 0) is 36.6 Å². The van der Waals surface area contributed by atoms with Crippen LogP contribution in [0.1, 0.15) is 38.1 Å². The predicted octanol–water partition coefficient (Wildman–Crippen LogP) is 3.96. The molecule has 0 bridgehead atoms. The summed E-state index contributed by atoms with van der Waals surface area (Å²) in [6.07, 6.45) is 4.60. The van der Waals surface area contributed by atoms with Crippen LogP contribution in [0, 0.1) is 0 Å². The van der Waals surface area contributed by atoms with Gasteiger partial charge in [0.1, 0.15) is 5.15 Å². The number of nitrogens with zero attached hydrogens (tertiary/aromatic N) is 6. The first kappa shape index (κ1) is 21.0. The minimum Gasteiger partial charge on any atom is -0.289 e. The first-order chi connectivity index (χ1) is 15.1. The SMILES string of the molecule is CCCCc1c(Cl)n(CC)c(=O)n1Cc1ccc(-c2ccccc2-c2nn[nH]n2)cn1. The summed E-state index contributed by atoms with van der Waals surface area (Å²) < 4.78 is 3.36. The molecule has 0 spiro atoms. The number of hydrogen-bond donors (Lipinski definition) is 1. The van der Waals surface area contributed by atoms with Crippen molar-refractivity contribution >= 4 is 11.6 Å². The number of H-pyrrole nitrogens is 1. The molecule has 0 aliphatic carbocycles. The molecule has 3 heterocycles. The van der Waals surface area contributed by atoms with Gasteiger partial charge in [-0.1, -0.05) is 55.3 Å². The van der Waals surface area contributed by atoms with Gasteiger partial charge >= 0.3 is 5.69 Å². The van der Waals surface area contributed by atoms with E-state index in [9.17, 15) is 4.79 Å². The molecule has 0 aliphatic rings. The topological polar surface area (TPSA) is 94.3 Å². The van der Waals surface area contributed by atoms with Gasteiger partial charge in [-0.15, -0.1) is 10.2 Å². The van der Waals surface area contributed by atoms with Crippen LogP contribution < -0.4 is 5.69 Å². The Morgan fingerprint density at radius 3 is 2.52 bits per heavy atom. The number of hydrogen-bond acceptors (Lipinski definition) is 5. The maximum Gasteiger partial charge on any atom is 0.329 e. The average molecular weight is 438 g/mol. The van der Waals surface area contributed by atoms with Gasteiger partial charge in [0.15, 0.2) is 0 Å². The van der Waals surface area contributed by atoms with Gasteiger partial charge in [0.25, 0.3) is 0 Å². The Labute approximate surface area is 184 Å². The van der Waals surface area contributed by atoms with Crippen LogP contribution in [0.5, 0.6) is 0 Å². The summed E-state index contributed by atoms with van der Waals surface area (Å²) in [5.74, 6) is 0.530. The van der Waals surface area contributed by atoms with E-state index in [4.69, 9.17) is 11.6 Å². The van der Waals surface area contributed by atoms with Gasteiger partial charge in [0.2, 0.25) is 5.82 Å². The molecule has 0 unspecified atom stereocenters. The van der Waals surface area contributed by atoms with Crippen LogP contribution in [0.15, 0.2) is 47.4 Å². The molecule has 4 aromatic rings. The maximum absolute atomic E-state index is 12.9. The van der Waals surface area contributed by atoms with E-state index in [0.717, 1.165) is 47.3 Å². The fourth-order valence-electron chi connectivity index (χ4n) is 3.68. The Kier molecular flexibility index (Phi) is 6.27. The molecule has 0 radical (unpaired) electrons. The summed E-state index contributed by atoms with van der Waals surface area (Å²) in [5.41, 5.74) is 4.35. The van der Waals surface area contributed by atoms with E-state index in [1.165, 1.54) is 0 Å². The number of aromatic amines is 1. The maximum atomic E-state index is 12.9. The normalized spacial score (nSPS) is 11.2. The third-order valence-electron chi connectivity index (χ3n) is 5.32. The van der Waals surface area contributed by atoms with E-state index >= 15 is 0 Å². The van der Waals surface area contributed by atoms with Crippen LogP contribution in [0.25, 0.3) is 22.5 Å². The van der Waals surface area contributed by atoms with Crippen LogP contribution in [-0.2, 0) is 19.5 Å². The van der Waals surface area contributed by atoms with E-state index in [1.54, 1.807) is 9.13 Å². The standard InChI is InChI=1S/C22H24ClN7O/c1-3-5-10-19-20(23)29(4-2)22(31)30(19)14-16-12-11-15(13-24-16)17-8-6-7-9-18(17)21-25-27-28-26-21/h6-9,11-13H,3-5,10,14H2,1-2H3,(H,25,26,27,28). The summed E-state index contributed by atoms with van der Waals surface area (Å²) in [6.45, 7) is 4.98. The molecule has 3 aromatic heterocycles. The molecular weight excluding hydrogens is 414 g/mol. The fourth-order valence-corrected chi connectivity index (χ4v) is 4.07. The van der Waals surface area contributed by atoms with Crippen molar-refractivity contribution in [2.75, 3.05) is 0 Å². The largest absolute Gasteiger partial charge is 0.329 e. The summed E-state index contributed by atoms with van der Waals surface area (Å²) in [4.78, 5) is 17.5. The molecule has 0 saturated heterocycles. The second kappa shape index (κ2) is 9.26. The second-order valence-electron chi connectivity index (χ2n) is 7.27. The summed E-state index contributed by atoms with van der Waals surface area (Å²) in [5, 5.41) is 14.8. The number of rotatable bonds is 8. The average Bonchev–Trinajstić information content (AvgIpc) is 3.41. The first-order valence-electron chi connectivity index (χ1n) is 10.4. The lowest BCUT2D eigenvalue weighted by atomic mass is 10.0. The highest BCUT2D eigenvalue weighted by Gasteiger charge is 2.18. The van der Waals surface area contributed by atoms with Crippen molar-refractivity contribution in [3.05, 3.63) is 69.6 Å². The van der Waals surface area contributed by atoms with E-state index in [0.29, 0.717) is 24.1 Å². The highest BCUT2D eigenvalue weighted by Crippen LogP contribution is 2.29. The number of benzene rings is 1. The van der Waals surface area contributed by atoms with Crippen molar-refractivity contribution < 1.29 is 0 Å². The molecule has 0 fully saturated rings. The van der Waals surface area contributed by atoms with Crippen molar-refractivity contribution in [3.8, 4) is 22.5 Å². The van der Waals surface area contributed by atoms with Gasteiger partial charge in [-0.25, -0.2) is 4.79 Å². The number of imidazole rings is 1. The molecule has 1 aromatic carbocycles. The molecule has 8 nitrogen and oxygen atoms in total. The minimum absolute atomic E-state index is 0.0908. The van der Waals surface area contributed by atoms with Crippen molar-refractivity contribution in [1.82, 2.24) is 34.7 Å². The number of halogens is 1. The lowest BCUT2D eigenvalue weighted by molar-refractivity contribution is 0.640. The van der Waals surface area contributed by atoms with E-state index < -0.39 is 0 Å². The fraction of sp³-hybridized carbons (Fsp3) is 0.318. The lowest BCUT2D eigenvalue weighted by Crippen LogP contribution is -2.25. The zero-order chi connectivity index (χ0) is 21.8. The van der Waals surface area contributed by atoms with Crippen molar-refractivity contribution in [1.29, 1.82) is 0 Å². The Hall–Kier alpha value is -3.26. The van der Waals surface area contributed by atoms with Crippen LogP contribution >= 0.6 is 11.6 Å². The molecule has 31 heavy (non-hydrogen) atoms. The molecule has 0 amide bonds. The number of unbranched alkanes of at least 4 members (excludes halogenated alkanes) is 1. The molecule has 4 rings (SSSR count). The minimum atomic E-state index is -0.0908. The van der Waals surface area contributed by atoms with E-state index in [2.05, 4.69) is 32.5 Å². The van der Waals surface area contributed by atoms with Gasteiger partial charge in [-0.3, -0.25) is 14.1 Å². The van der Waals surface area contributed by atoms with E-state index in [1.807, 2.05) is 49.5 Å². The van der Waals surface area contributed by atoms with Crippen LogP contribution in [0.2, 0.25) is 5.15 Å². The third-order valence-corrected chi connectivity index (χ3v) is 5.74. The molecule has 1 N–H and O–H groups in total. The van der Waals surface area contributed by atoms with Crippen molar-refractivity contribution in [3.63, 3.8) is 0 Å². The number of nitrogens with one attached hydrogen (secondary N) is 1. The Balaban J connectivity index is 1.65. The molecule has 0 aliphatic heterocycles. The first-order valence-corrected chi connectivity index (χ1v) is 10.8. The van der Waals surface area contributed by atoms with Gasteiger partial charge in [0.05, 0.1) is 17.9 Å². The van der Waals surface area contributed by atoms with Crippen molar-refractivity contribution in [2.45, 2.75) is 46.2 Å². The summed E-state index contributed by atoms with van der Waals surface area (Å²) >= 11 is 6.51. The lowest BCUT2D eigenvalue weighted by Gasteiger charge is -2.09. The number of tetrazole rings is 1. The highest BCUT2D eigenvalue weighted by atomic mass is 35.5. The number of pyridine rings is 1. The molecule has 160 valence electrons. The van der Waals surface area contributed by atoms with Gasteiger partial charge in [-0.2, -0.15) is 5.21 Å². The van der Waals surface area contributed by atoms with Crippen molar-refractivity contribution in [2.24, 2.45) is 0 Å².